The van der Waals surface area contributed by atoms with Gasteiger partial charge in [-0.25, -0.2) is 0 Å². The number of carbonyl (C=O) groups excluding carboxylic acids is 1. The molecule has 3 unspecified atom stereocenters. The topological polar surface area (TPSA) is 108 Å². The summed E-state index contributed by atoms with van der Waals surface area (Å²) in [5.74, 6) is -0.394. The van der Waals surface area contributed by atoms with Crippen LogP contribution in [0.5, 0.6) is 0 Å². The zero-order valence-corrected chi connectivity index (χ0v) is 22.0. The maximum absolute atomic E-state index is 12.0. The molecule has 0 aromatic heterocycles. The average Bonchev–Trinajstić information content (AvgIpc) is 2.70. The van der Waals surface area contributed by atoms with Crippen LogP contribution in [0, 0.1) is 0 Å². The van der Waals surface area contributed by atoms with Crippen molar-refractivity contribution in [2.45, 2.75) is 70.9 Å². The predicted octanol–water partition coefficient (Wildman–Crippen LogP) is 3.48. The highest BCUT2D eigenvalue weighted by molar-refractivity contribution is 7.45. The lowest BCUT2D eigenvalue weighted by Gasteiger charge is -2.29. The van der Waals surface area contributed by atoms with Crippen molar-refractivity contribution in [3.8, 4) is 0 Å². The number of likely N-dealkylation sites (N-methyl/N-ethyl adjacent to an activating group) is 1. The van der Waals surface area contributed by atoms with Crippen LogP contribution in [0.4, 0.5) is 0 Å². The summed E-state index contributed by atoms with van der Waals surface area (Å²) in [7, 11) is 1.21. The van der Waals surface area contributed by atoms with Crippen LogP contribution in [0.15, 0.2) is 36.5 Å². The number of aliphatic hydroxyl groups excluding tert-OH is 1. The first-order valence-corrected chi connectivity index (χ1v) is 13.3. The number of allylic oxidation sites excluding steroid dienone is 5. The monoisotopic (exact) mass is 488 g/mol. The fourth-order valence-corrected chi connectivity index (χ4v) is 3.39. The Labute approximate surface area is 200 Å². The van der Waals surface area contributed by atoms with E-state index in [4.69, 9.17) is 9.05 Å². The number of nitrogens with one attached hydrogen (secondary N) is 1. The SMILES string of the molecule is CCCC/C=C/CC/C=C/CC/C=C/C(O)C(COP(=O)([O-])OCC[N+](C)(C)C)NC(C)=O. The molecule has 1 amide bonds. The van der Waals surface area contributed by atoms with Crippen LogP contribution < -0.4 is 10.2 Å². The van der Waals surface area contributed by atoms with E-state index in [1.165, 1.54) is 19.8 Å². The quantitative estimate of drug-likeness (QED) is 0.125. The first-order valence-electron chi connectivity index (χ1n) is 11.8. The number of amides is 1. The van der Waals surface area contributed by atoms with E-state index in [2.05, 4.69) is 36.5 Å². The Balaban J connectivity index is 4.38. The highest BCUT2D eigenvalue weighted by Gasteiger charge is 2.22. The molecule has 0 aromatic rings. The predicted molar refractivity (Wildman–Crippen MR) is 131 cm³/mol. The minimum absolute atomic E-state index is 0.0137. The molecule has 9 heteroatoms. The standard InChI is InChI=1S/C24H45N2O6P/c1-6-7-8-9-10-11-12-13-14-15-16-17-18-24(28)23(25-22(2)27)21-32-33(29,30)31-20-19-26(3,4)5/h9-10,13-14,17-18,23-24,28H,6-8,11-12,15-16,19-21H2,1-5H3,(H-,25,27,29,30)/b10-9+,14-13+,18-17+. The van der Waals surface area contributed by atoms with Crippen LogP contribution in [-0.4, -0.2) is 68.5 Å². The molecule has 0 aliphatic heterocycles. The van der Waals surface area contributed by atoms with Gasteiger partial charge in [-0.15, -0.1) is 0 Å². The Bertz CT molecular complexity index is 658. The van der Waals surface area contributed by atoms with Gasteiger partial charge in [0.1, 0.15) is 13.2 Å². The summed E-state index contributed by atoms with van der Waals surface area (Å²) in [6, 6.07) is -0.905. The molecule has 3 atom stereocenters. The van der Waals surface area contributed by atoms with Crippen LogP contribution in [0.2, 0.25) is 0 Å². The van der Waals surface area contributed by atoms with Crippen molar-refractivity contribution in [2.75, 3.05) is 40.9 Å². The number of phosphoric acid groups is 1. The Hall–Kier alpha value is -1.28. The second kappa shape index (κ2) is 18.1. The molecule has 0 aliphatic carbocycles. The molecule has 0 aliphatic rings. The van der Waals surface area contributed by atoms with Crippen LogP contribution >= 0.6 is 7.82 Å². The van der Waals surface area contributed by atoms with E-state index in [-0.39, 0.29) is 6.61 Å². The highest BCUT2D eigenvalue weighted by Crippen LogP contribution is 2.38. The minimum Gasteiger partial charge on any atom is -0.756 e. The number of aliphatic hydroxyl groups is 1. The molecule has 0 radical (unpaired) electrons. The zero-order valence-electron chi connectivity index (χ0n) is 21.1. The Kier molecular flexibility index (Phi) is 17.4. The second-order valence-electron chi connectivity index (χ2n) is 9.06. The van der Waals surface area contributed by atoms with E-state index < -0.39 is 32.5 Å². The van der Waals surface area contributed by atoms with Crippen molar-refractivity contribution >= 4 is 13.7 Å². The van der Waals surface area contributed by atoms with Gasteiger partial charge < -0.3 is 28.8 Å². The molecular weight excluding hydrogens is 443 g/mol. The van der Waals surface area contributed by atoms with Gasteiger partial charge in [0.15, 0.2) is 0 Å². The third-order valence-corrected chi connectivity index (χ3v) is 5.58. The largest absolute Gasteiger partial charge is 0.756 e. The smallest absolute Gasteiger partial charge is 0.268 e. The maximum atomic E-state index is 12.0. The summed E-state index contributed by atoms with van der Waals surface area (Å²) in [6.07, 6.45) is 18.2. The third kappa shape index (κ3) is 21.0. The summed E-state index contributed by atoms with van der Waals surface area (Å²) in [5.41, 5.74) is 0. The maximum Gasteiger partial charge on any atom is 0.268 e. The van der Waals surface area contributed by atoms with E-state index >= 15 is 0 Å². The third-order valence-electron chi connectivity index (χ3n) is 4.62. The molecule has 0 bridgehead atoms. The first kappa shape index (κ1) is 31.7. The van der Waals surface area contributed by atoms with Gasteiger partial charge in [0.2, 0.25) is 5.91 Å². The van der Waals surface area contributed by atoms with E-state index in [0.717, 1.165) is 32.1 Å². The van der Waals surface area contributed by atoms with Crippen LogP contribution in [0.1, 0.15) is 58.8 Å². The summed E-state index contributed by atoms with van der Waals surface area (Å²) in [6.45, 7) is 3.54. The van der Waals surface area contributed by atoms with Crippen molar-refractivity contribution in [2.24, 2.45) is 0 Å². The molecule has 8 nitrogen and oxygen atoms in total. The number of hydrogen-bond donors (Lipinski definition) is 2. The van der Waals surface area contributed by atoms with Crippen molar-refractivity contribution in [3.05, 3.63) is 36.5 Å². The van der Waals surface area contributed by atoms with E-state index in [9.17, 15) is 19.4 Å². The second-order valence-corrected chi connectivity index (χ2v) is 10.5. The number of rotatable bonds is 19. The summed E-state index contributed by atoms with van der Waals surface area (Å²) in [4.78, 5) is 23.4. The van der Waals surface area contributed by atoms with Crippen LogP contribution in [0.3, 0.4) is 0 Å². The van der Waals surface area contributed by atoms with Crippen molar-refractivity contribution in [3.63, 3.8) is 0 Å². The van der Waals surface area contributed by atoms with Crippen molar-refractivity contribution in [1.29, 1.82) is 0 Å². The van der Waals surface area contributed by atoms with Gasteiger partial charge in [-0.05, 0) is 32.1 Å². The molecule has 0 spiro atoms. The van der Waals surface area contributed by atoms with Crippen molar-refractivity contribution < 1.29 is 32.9 Å². The molecule has 0 rings (SSSR count). The lowest BCUT2D eigenvalue weighted by atomic mass is 10.1. The van der Waals surface area contributed by atoms with Gasteiger partial charge in [-0.3, -0.25) is 9.36 Å². The van der Waals surface area contributed by atoms with Crippen LogP contribution in [-0.2, 0) is 18.4 Å². The zero-order chi connectivity index (χ0) is 25.2. The van der Waals surface area contributed by atoms with Gasteiger partial charge in [0.25, 0.3) is 7.82 Å². The fourth-order valence-electron chi connectivity index (χ4n) is 2.67. The minimum atomic E-state index is -4.53. The molecule has 0 saturated heterocycles. The highest BCUT2D eigenvalue weighted by atomic mass is 31.2. The molecule has 0 saturated carbocycles. The lowest BCUT2D eigenvalue weighted by molar-refractivity contribution is -0.870. The number of nitrogens with zero attached hydrogens (tertiary/aromatic N) is 1. The number of unbranched alkanes of at least 4 members (excludes halogenated alkanes) is 4. The summed E-state index contributed by atoms with van der Waals surface area (Å²) in [5, 5.41) is 12.9. The van der Waals surface area contributed by atoms with E-state index in [1.807, 2.05) is 27.2 Å². The summed E-state index contributed by atoms with van der Waals surface area (Å²) < 4.78 is 22.2. The Morgan fingerprint density at radius 1 is 1.03 bits per heavy atom. The van der Waals surface area contributed by atoms with Gasteiger partial charge in [-0.1, -0.05) is 56.2 Å². The first-order chi connectivity index (χ1) is 15.5. The normalized spacial score (nSPS) is 16.5. The van der Waals surface area contributed by atoms with Crippen LogP contribution in [0.25, 0.3) is 0 Å². The Morgan fingerprint density at radius 2 is 1.58 bits per heavy atom. The number of phosphoric ester groups is 1. The Morgan fingerprint density at radius 3 is 2.09 bits per heavy atom. The molecule has 0 fully saturated rings. The van der Waals surface area contributed by atoms with Gasteiger partial charge in [0.05, 0.1) is 39.9 Å². The van der Waals surface area contributed by atoms with Gasteiger partial charge in [0, 0.05) is 6.92 Å². The van der Waals surface area contributed by atoms with Gasteiger partial charge in [-0.2, -0.15) is 0 Å². The molecule has 33 heavy (non-hydrogen) atoms. The summed E-state index contributed by atoms with van der Waals surface area (Å²) >= 11 is 0. The fraction of sp³-hybridized carbons (Fsp3) is 0.708. The van der Waals surface area contributed by atoms with Crippen molar-refractivity contribution in [1.82, 2.24) is 5.32 Å². The molecule has 2 N–H and O–H groups in total. The number of carbonyl (C=O) groups is 1. The molecule has 192 valence electrons. The average molecular weight is 489 g/mol. The molecule has 0 heterocycles. The molecular formula is C24H45N2O6P. The van der Waals surface area contributed by atoms with Gasteiger partial charge >= 0.3 is 0 Å². The molecule has 0 aromatic carbocycles. The van der Waals surface area contributed by atoms with E-state index in [0.29, 0.717) is 11.0 Å². The van der Waals surface area contributed by atoms with E-state index in [1.54, 1.807) is 6.08 Å². The number of quaternary nitrogens is 1. The lowest BCUT2D eigenvalue weighted by Crippen LogP contribution is -2.45. The number of hydrogen-bond acceptors (Lipinski definition) is 6.